The van der Waals surface area contributed by atoms with Gasteiger partial charge < -0.3 is 0 Å². The first kappa shape index (κ1) is 17.0. The first-order chi connectivity index (χ1) is 12.6. The first-order valence-electron chi connectivity index (χ1n) is 7.77. The van der Waals surface area contributed by atoms with Crippen LogP contribution >= 0.6 is 0 Å². The molecule has 0 atom stereocenters. The number of carbonyl (C=O) groups excluding carboxylic acids is 1. The van der Waals surface area contributed by atoms with Gasteiger partial charge in [-0.05, 0) is 17.2 Å². The quantitative estimate of drug-likeness (QED) is 0.420. The SMILES string of the molecule is O=C(N/N=C/c1ccccc1)c1ccn(Cc2ccc([N+](=O)[O-])cc2)n1. The summed E-state index contributed by atoms with van der Waals surface area (Å²) in [5.41, 5.74) is 4.40. The largest absolute Gasteiger partial charge is 0.291 e. The van der Waals surface area contributed by atoms with E-state index in [1.807, 2.05) is 30.3 Å². The maximum atomic E-state index is 12.0. The van der Waals surface area contributed by atoms with Crippen molar-refractivity contribution in [2.75, 3.05) is 0 Å². The molecule has 3 rings (SSSR count). The summed E-state index contributed by atoms with van der Waals surface area (Å²) < 4.78 is 1.58. The van der Waals surface area contributed by atoms with E-state index >= 15 is 0 Å². The van der Waals surface area contributed by atoms with Crippen molar-refractivity contribution in [3.8, 4) is 0 Å². The van der Waals surface area contributed by atoms with Crippen molar-refractivity contribution in [3.63, 3.8) is 0 Å². The molecule has 3 aromatic rings. The third-order valence-electron chi connectivity index (χ3n) is 3.54. The molecule has 1 aromatic heterocycles. The topological polar surface area (TPSA) is 102 Å². The second kappa shape index (κ2) is 7.84. The Bertz CT molecular complexity index is 933. The van der Waals surface area contributed by atoms with Crippen LogP contribution in [0.1, 0.15) is 21.6 Å². The van der Waals surface area contributed by atoms with Crippen molar-refractivity contribution in [2.24, 2.45) is 5.10 Å². The van der Waals surface area contributed by atoms with Crippen LogP contribution in [0, 0.1) is 10.1 Å². The lowest BCUT2D eigenvalue weighted by Gasteiger charge is -2.01. The second-order valence-corrected chi connectivity index (χ2v) is 5.43. The lowest BCUT2D eigenvalue weighted by atomic mass is 10.2. The van der Waals surface area contributed by atoms with E-state index in [0.29, 0.717) is 6.54 Å². The van der Waals surface area contributed by atoms with Gasteiger partial charge in [0, 0.05) is 18.3 Å². The number of amides is 1. The molecule has 0 radical (unpaired) electrons. The van der Waals surface area contributed by atoms with Gasteiger partial charge in [0.05, 0.1) is 17.7 Å². The molecule has 130 valence electrons. The Morgan fingerprint density at radius 3 is 2.58 bits per heavy atom. The van der Waals surface area contributed by atoms with Crippen molar-refractivity contribution >= 4 is 17.8 Å². The summed E-state index contributed by atoms with van der Waals surface area (Å²) in [4.78, 5) is 22.3. The number of carbonyl (C=O) groups is 1. The molecule has 26 heavy (non-hydrogen) atoms. The average Bonchev–Trinajstić information content (AvgIpc) is 3.11. The van der Waals surface area contributed by atoms with Gasteiger partial charge in [-0.1, -0.05) is 42.5 Å². The smallest absolute Gasteiger partial charge is 0.268 e. The fourth-order valence-corrected chi connectivity index (χ4v) is 2.24. The third kappa shape index (κ3) is 4.38. The Labute approximate surface area is 148 Å². The number of aromatic nitrogens is 2. The van der Waals surface area contributed by atoms with Crippen LogP contribution in [-0.4, -0.2) is 26.8 Å². The Kier molecular flexibility index (Phi) is 5.14. The lowest BCUT2D eigenvalue weighted by molar-refractivity contribution is -0.384. The van der Waals surface area contributed by atoms with E-state index in [4.69, 9.17) is 0 Å². The molecular weight excluding hydrogens is 334 g/mol. The second-order valence-electron chi connectivity index (χ2n) is 5.43. The minimum Gasteiger partial charge on any atom is -0.268 e. The summed E-state index contributed by atoms with van der Waals surface area (Å²) >= 11 is 0. The molecule has 1 heterocycles. The van der Waals surface area contributed by atoms with E-state index in [9.17, 15) is 14.9 Å². The summed E-state index contributed by atoms with van der Waals surface area (Å²) in [7, 11) is 0. The zero-order valence-electron chi connectivity index (χ0n) is 13.6. The molecule has 0 fully saturated rings. The maximum Gasteiger partial charge on any atom is 0.291 e. The van der Waals surface area contributed by atoms with Gasteiger partial charge in [0.1, 0.15) is 0 Å². The molecule has 8 nitrogen and oxygen atoms in total. The molecule has 0 saturated heterocycles. The van der Waals surface area contributed by atoms with Crippen LogP contribution in [0.2, 0.25) is 0 Å². The number of nitro benzene ring substituents is 1. The predicted molar refractivity (Wildman–Crippen MR) is 95.9 cm³/mol. The lowest BCUT2D eigenvalue weighted by Crippen LogP contribution is -2.18. The summed E-state index contributed by atoms with van der Waals surface area (Å²) in [6.07, 6.45) is 3.21. The summed E-state index contributed by atoms with van der Waals surface area (Å²) in [5.74, 6) is -0.417. The van der Waals surface area contributed by atoms with Gasteiger partial charge in [-0.15, -0.1) is 0 Å². The highest BCUT2D eigenvalue weighted by molar-refractivity contribution is 5.93. The Morgan fingerprint density at radius 2 is 1.88 bits per heavy atom. The van der Waals surface area contributed by atoms with Crippen LogP contribution in [0.15, 0.2) is 72.0 Å². The van der Waals surface area contributed by atoms with E-state index in [0.717, 1.165) is 11.1 Å². The van der Waals surface area contributed by atoms with E-state index in [1.54, 1.807) is 35.3 Å². The van der Waals surface area contributed by atoms with E-state index in [2.05, 4.69) is 15.6 Å². The monoisotopic (exact) mass is 349 g/mol. The Hall–Kier alpha value is -3.81. The van der Waals surface area contributed by atoms with Crippen LogP contribution in [0.5, 0.6) is 0 Å². The molecule has 2 aromatic carbocycles. The molecule has 0 bridgehead atoms. The first-order valence-corrected chi connectivity index (χ1v) is 7.77. The van der Waals surface area contributed by atoms with Gasteiger partial charge in [-0.2, -0.15) is 10.2 Å². The number of non-ortho nitro benzene ring substituents is 1. The number of rotatable bonds is 6. The van der Waals surface area contributed by atoms with Gasteiger partial charge in [-0.25, -0.2) is 5.43 Å². The number of nitro groups is 1. The molecule has 1 N–H and O–H groups in total. The number of hydrogen-bond acceptors (Lipinski definition) is 5. The highest BCUT2D eigenvalue weighted by atomic mass is 16.6. The van der Waals surface area contributed by atoms with Crippen molar-refractivity contribution in [1.29, 1.82) is 0 Å². The van der Waals surface area contributed by atoms with E-state index in [-0.39, 0.29) is 11.4 Å². The van der Waals surface area contributed by atoms with E-state index < -0.39 is 10.8 Å². The minimum atomic E-state index is -0.448. The zero-order valence-corrected chi connectivity index (χ0v) is 13.6. The number of benzene rings is 2. The normalized spacial score (nSPS) is 10.8. The van der Waals surface area contributed by atoms with Gasteiger partial charge in [-0.3, -0.25) is 19.6 Å². The van der Waals surface area contributed by atoms with Gasteiger partial charge >= 0.3 is 0 Å². The predicted octanol–water partition coefficient (Wildman–Crippen LogP) is 2.60. The number of nitrogens with one attached hydrogen (secondary N) is 1. The average molecular weight is 349 g/mol. The van der Waals surface area contributed by atoms with Crippen LogP contribution in [0.4, 0.5) is 5.69 Å². The van der Waals surface area contributed by atoms with Crippen molar-refractivity contribution in [1.82, 2.24) is 15.2 Å². The van der Waals surface area contributed by atoms with Gasteiger partial charge in [0.15, 0.2) is 5.69 Å². The fourth-order valence-electron chi connectivity index (χ4n) is 2.24. The minimum absolute atomic E-state index is 0.0329. The molecule has 8 heteroatoms. The highest BCUT2D eigenvalue weighted by Gasteiger charge is 2.09. The van der Waals surface area contributed by atoms with Gasteiger partial charge in [0.25, 0.3) is 11.6 Å². The van der Waals surface area contributed by atoms with Gasteiger partial charge in [0.2, 0.25) is 0 Å². The highest BCUT2D eigenvalue weighted by Crippen LogP contribution is 2.12. The number of nitrogens with zero attached hydrogens (tertiary/aromatic N) is 4. The van der Waals surface area contributed by atoms with Crippen LogP contribution in [0.3, 0.4) is 0 Å². The molecular formula is C18H15N5O3. The van der Waals surface area contributed by atoms with Crippen molar-refractivity contribution < 1.29 is 9.72 Å². The third-order valence-corrected chi connectivity index (χ3v) is 3.54. The van der Waals surface area contributed by atoms with Crippen LogP contribution in [-0.2, 0) is 6.54 Å². The molecule has 1 amide bonds. The Balaban J connectivity index is 1.59. The maximum absolute atomic E-state index is 12.0. The molecule has 0 spiro atoms. The Morgan fingerprint density at radius 1 is 1.15 bits per heavy atom. The van der Waals surface area contributed by atoms with Crippen LogP contribution in [0.25, 0.3) is 0 Å². The zero-order chi connectivity index (χ0) is 18.4. The summed E-state index contributed by atoms with van der Waals surface area (Å²) in [6, 6.07) is 17.2. The molecule has 0 saturated carbocycles. The van der Waals surface area contributed by atoms with Crippen molar-refractivity contribution in [3.05, 3.63) is 93.8 Å². The molecule has 0 unspecified atom stereocenters. The standard InChI is InChI=1S/C18H15N5O3/c24-18(20-19-12-14-4-2-1-3-5-14)17-10-11-22(21-17)13-15-6-8-16(9-7-15)23(25)26/h1-12H,13H2,(H,20,24)/b19-12+. The molecule has 0 aliphatic rings. The molecule has 0 aliphatic heterocycles. The van der Waals surface area contributed by atoms with Crippen LogP contribution < -0.4 is 5.43 Å². The van der Waals surface area contributed by atoms with Crippen molar-refractivity contribution in [2.45, 2.75) is 6.54 Å². The summed E-state index contributed by atoms with van der Waals surface area (Å²) in [6.45, 7) is 0.401. The van der Waals surface area contributed by atoms with E-state index in [1.165, 1.54) is 12.1 Å². The number of hydrogen-bond donors (Lipinski definition) is 1. The summed E-state index contributed by atoms with van der Waals surface area (Å²) in [5, 5.41) is 18.7. The fraction of sp³-hybridized carbons (Fsp3) is 0.0556. The number of hydrazone groups is 1. The molecule has 0 aliphatic carbocycles.